The van der Waals surface area contributed by atoms with E-state index in [4.69, 9.17) is 23.2 Å². The monoisotopic (exact) mass is 343 g/mol. The summed E-state index contributed by atoms with van der Waals surface area (Å²) in [6.07, 6.45) is 1.86. The van der Waals surface area contributed by atoms with Crippen molar-refractivity contribution < 1.29 is 4.79 Å². The van der Waals surface area contributed by atoms with Gasteiger partial charge in [-0.1, -0.05) is 41.0 Å². The lowest BCUT2D eigenvalue weighted by Crippen LogP contribution is -2.02. The van der Waals surface area contributed by atoms with Crippen LogP contribution in [0, 0.1) is 0 Å². The molecule has 0 saturated heterocycles. The molecule has 0 atom stereocenters. The molecule has 4 nitrogen and oxygen atoms in total. The molecule has 0 aliphatic rings. The van der Waals surface area contributed by atoms with Crippen LogP contribution in [0.15, 0.2) is 35.6 Å². The summed E-state index contributed by atoms with van der Waals surface area (Å²) in [7, 11) is 0. The third kappa shape index (κ3) is 2.69. The molecule has 102 valence electrons. The average Bonchev–Trinajstić information content (AvgIpc) is 2.99. The molecule has 0 fully saturated rings. The number of hydrogen-bond acceptors (Lipinski definition) is 5. The highest BCUT2D eigenvalue weighted by Crippen LogP contribution is 2.32. The highest BCUT2D eigenvalue weighted by Gasteiger charge is 2.16. The van der Waals surface area contributed by atoms with Gasteiger partial charge in [-0.15, -0.1) is 21.5 Å². The Kier molecular flexibility index (Phi) is 3.98. The number of thiophene rings is 1. The summed E-state index contributed by atoms with van der Waals surface area (Å²) >= 11 is 14.3. The second-order valence-electron chi connectivity index (χ2n) is 3.86. The van der Waals surface area contributed by atoms with E-state index in [1.165, 1.54) is 23.1 Å². The van der Waals surface area contributed by atoms with Gasteiger partial charge in [-0.05, 0) is 18.2 Å². The van der Waals surface area contributed by atoms with Gasteiger partial charge in [0, 0.05) is 11.8 Å². The predicted octanol–water partition coefficient (Wildman–Crippen LogP) is 4.07. The summed E-state index contributed by atoms with van der Waals surface area (Å²) in [5.41, 5.74) is 1.21. The topological polar surface area (TPSA) is 47.3 Å². The minimum Gasteiger partial charge on any atom is -0.293 e. The normalized spacial score (nSPS) is 11.1. The van der Waals surface area contributed by atoms with Gasteiger partial charge in [0.25, 0.3) is 0 Å². The number of carbonyl (C=O) groups is 1. The molecule has 0 unspecified atom stereocenters. The molecule has 3 rings (SSSR count). The van der Waals surface area contributed by atoms with E-state index >= 15 is 0 Å². The second-order valence-corrected chi connectivity index (χ2v) is 7.09. The van der Waals surface area contributed by atoms with Gasteiger partial charge >= 0.3 is 0 Å². The molecule has 0 saturated carbocycles. The van der Waals surface area contributed by atoms with Gasteiger partial charge in [-0.2, -0.15) is 0 Å². The quantitative estimate of drug-likeness (QED) is 0.529. The molecule has 3 heterocycles. The average molecular weight is 344 g/mol. The number of Topliss-reactive ketones (excluding diaryl/α,β-unsaturated/α-hetero) is 1. The van der Waals surface area contributed by atoms with E-state index in [1.807, 2.05) is 28.8 Å². The second kappa shape index (κ2) is 5.73. The molecule has 0 spiro atoms. The zero-order valence-electron chi connectivity index (χ0n) is 9.92. The minimum atomic E-state index is -0.0733. The van der Waals surface area contributed by atoms with E-state index < -0.39 is 0 Å². The summed E-state index contributed by atoms with van der Waals surface area (Å²) in [6.45, 7) is 0. The Morgan fingerprint density at radius 2 is 2.20 bits per heavy atom. The van der Waals surface area contributed by atoms with E-state index in [0.717, 1.165) is 5.65 Å². The van der Waals surface area contributed by atoms with Crippen LogP contribution < -0.4 is 0 Å². The van der Waals surface area contributed by atoms with Gasteiger partial charge in [0.1, 0.15) is 4.34 Å². The van der Waals surface area contributed by atoms with Crippen LogP contribution in [0.2, 0.25) is 8.67 Å². The zero-order valence-corrected chi connectivity index (χ0v) is 13.1. The van der Waals surface area contributed by atoms with Crippen molar-refractivity contribution in [3.05, 3.63) is 44.7 Å². The first kappa shape index (κ1) is 13.9. The lowest BCUT2D eigenvalue weighted by Gasteiger charge is -1.99. The number of thioether (sulfide) groups is 1. The van der Waals surface area contributed by atoms with Crippen molar-refractivity contribution in [2.75, 3.05) is 5.75 Å². The van der Waals surface area contributed by atoms with E-state index in [1.54, 1.807) is 6.07 Å². The van der Waals surface area contributed by atoms with Crippen LogP contribution in [0.5, 0.6) is 0 Å². The van der Waals surface area contributed by atoms with Crippen molar-refractivity contribution in [2.24, 2.45) is 0 Å². The van der Waals surface area contributed by atoms with Crippen LogP contribution >= 0.6 is 46.3 Å². The number of ketones is 1. The van der Waals surface area contributed by atoms with Crippen LogP contribution in [-0.4, -0.2) is 26.1 Å². The van der Waals surface area contributed by atoms with Gasteiger partial charge in [-0.25, -0.2) is 0 Å². The number of aromatic nitrogens is 3. The van der Waals surface area contributed by atoms with Gasteiger partial charge < -0.3 is 0 Å². The maximum atomic E-state index is 12.1. The minimum absolute atomic E-state index is 0.0733. The molecule has 0 aliphatic heterocycles. The molecular formula is C12H7Cl2N3OS2. The first-order chi connectivity index (χ1) is 9.65. The van der Waals surface area contributed by atoms with E-state index in [2.05, 4.69) is 10.2 Å². The standard InChI is InChI=1S/C12H7Cl2N3OS2/c13-9-5-7(11(14)20-9)8(18)6-19-12-16-15-10-3-1-2-4-17(10)12/h1-5H,6H2. The Bertz CT molecular complexity index is 784. The molecular weight excluding hydrogens is 337 g/mol. The number of halogens is 2. The van der Waals surface area contributed by atoms with Crippen LogP contribution in [0.1, 0.15) is 10.4 Å². The smallest absolute Gasteiger partial charge is 0.196 e. The Balaban J connectivity index is 1.76. The first-order valence-electron chi connectivity index (χ1n) is 5.56. The zero-order chi connectivity index (χ0) is 14.1. The van der Waals surface area contributed by atoms with Crippen molar-refractivity contribution in [2.45, 2.75) is 5.16 Å². The third-order valence-electron chi connectivity index (χ3n) is 2.57. The van der Waals surface area contributed by atoms with Crippen molar-refractivity contribution in [1.29, 1.82) is 0 Å². The number of fused-ring (bicyclic) bond motifs is 1. The van der Waals surface area contributed by atoms with Crippen LogP contribution in [0.25, 0.3) is 5.65 Å². The highest BCUT2D eigenvalue weighted by atomic mass is 35.5. The van der Waals surface area contributed by atoms with E-state index in [0.29, 0.717) is 19.4 Å². The Morgan fingerprint density at radius 1 is 1.35 bits per heavy atom. The van der Waals surface area contributed by atoms with Crippen LogP contribution in [0.4, 0.5) is 0 Å². The summed E-state index contributed by atoms with van der Waals surface area (Å²) in [5, 5.41) is 8.76. The summed E-state index contributed by atoms with van der Waals surface area (Å²) in [4.78, 5) is 12.1. The van der Waals surface area contributed by atoms with Gasteiger partial charge in [0.05, 0.1) is 10.1 Å². The number of carbonyl (C=O) groups excluding carboxylic acids is 1. The molecule has 3 aromatic heterocycles. The fourth-order valence-electron chi connectivity index (χ4n) is 1.66. The number of hydrogen-bond donors (Lipinski definition) is 0. The highest BCUT2D eigenvalue weighted by molar-refractivity contribution is 7.99. The van der Waals surface area contributed by atoms with Crippen LogP contribution in [-0.2, 0) is 0 Å². The Morgan fingerprint density at radius 3 is 2.95 bits per heavy atom. The largest absolute Gasteiger partial charge is 0.293 e. The van der Waals surface area contributed by atoms with Gasteiger partial charge in [-0.3, -0.25) is 9.20 Å². The molecule has 0 aromatic carbocycles. The molecule has 0 N–H and O–H groups in total. The molecule has 20 heavy (non-hydrogen) atoms. The lowest BCUT2D eigenvalue weighted by molar-refractivity contribution is 0.102. The van der Waals surface area contributed by atoms with Crippen molar-refractivity contribution in [3.8, 4) is 0 Å². The SMILES string of the molecule is O=C(CSc1nnc2ccccn12)c1cc(Cl)sc1Cl. The Hall–Kier alpha value is -1.08. The van der Waals surface area contributed by atoms with Crippen molar-refractivity contribution >= 4 is 57.7 Å². The molecule has 0 bridgehead atoms. The van der Waals surface area contributed by atoms with E-state index in [9.17, 15) is 4.79 Å². The molecule has 0 radical (unpaired) electrons. The first-order valence-corrected chi connectivity index (χ1v) is 8.11. The maximum absolute atomic E-state index is 12.1. The maximum Gasteiger partial charge on any atom is 0.196 e. The number of rotatable bonds is 4. The van der Waals surface area contributed by atoms with Crippen LogP contribution in [0.3, 0.4) is 0 Å². The van der Waals surface area contributed by atoms with E-state index in [-0.39, 0.29) is 11.5 Å². The summed E-state index contributed by atoms with van der Waals surface area (Å²) in [5.74, 6) is 0.165. The summed E-state index contributed by atoms with van der Waals surface area (Å²) < 4.78 is 2.77. The van der Waals surface area contributed by atoms with Gasteiger partial charge in [0.2, 0.25) is 0 Å². The fourth-order valence-corrected chi connectivity index (χ4v) is 3.96. The number of pyridine rings is 1. The van der Waals surface area contributed by atoms with Crippen molar-refractivity contribution in [1.82, 2.24) is 14.6 Å². The van der Waals surface area contributed by atoms with Gasteiger partial charge in [0.15, 0.2) is 16.6 Å². The third-order valence-corrected chi connectivity index (χ3v) is 5.00. The molecule has 0 amide bonds. The van der Waals surface area contributed by atoms with Crippen molar-refractivity contribution in [3.63, 3.8) is 0 Å². The molecule has 0 aliphatic carbocycles. The predicted molar refractivity (Wildman–Crippen MR) is 82.4 cm³/mol. The molecule has 8 heteroatoms. The fraction of sp³-hybridized carbons (Fsp3) is 0.0833. The molecule has 3 aromatic rings. The lowest BCUT2D eigenvalue weighted by atomic mass is 10.2. The Labute approximate surface area is 132 Å². The number of nitrogens with zero attached hydrogens (tertiary/aromatic N) is 3. The summed E-state index contributed by atoms with van der Waals surface area (Å²) in [6, 6.07) is 7.22.